The first-order valence-electron chi connectivity index (χ1n) is 9.25. The molecule has 0 spiro atoms. The summed E-state index contributed by atoms with van der Waals surface area (Å²) in [6.45, 7) is 4.64. The Hall–Kier alpha value is -2.53. The van der Waals surface area contributed by atoms with Gasteiger partial charge in [-0.15, -0.1) is 0 Å². The predicted octanol–water partition coefficient (Wildman–Crippen LogP) is 3.15. The van der Waals surface area contributed by atoms with Gasteiger partial charge in [-0.05, 0) is 44.1 Å². The van der Waals surface area contributed by atoms with Gasteiger partial charge < -0.3 is 19.3 Å². The molecular formula is C21H24N2O3. The zero-order chi connectivity index (χ0) is 17.8. The van der Waals surface area contributed by atoms with Gasteiger partial charge in [0, 0.05) is 30.8 Å². The molecule has 26 heavy (non-hydrogen) atoms. The number of amides is 1. The van der Waals surface area contributed by atoms with E-state index in [1.807, 2.05) is 53.4 Å². The molecule has 0 aliphatic carbocycles. The van der Waals surface area contributed by atoms with Crippen LogP contribution < -0.4 is 9.47 Å². The van der Waals surface area contributed by atoms with Crippen molar-refractivity contribution in [3.05, 3.63) is 59.7 Å². The Balaban J connectivity index is 1.53. The van der Waals surface area contributed by atoms with Crippen LogP contribution in [0.4, 0.5) is 0 Å². The standard InChI is InChI=1S/C21H24N2O3/c24-21(17-7-2-1-3-8-17)23(14-13-22-11-4-5-12-22)15-18-9-6-10-19-20(18)26-16-25-19/h1-3,6-10H,4-5,11-16H2. The number of para-hydroxylation sites is 1. The average molecular weight is 352 g/mol. The Morgan fingerprint density at radius 2 is 1.81 bits per heavy atom. The lowest BCUT2D eigenvalue weighted by Crippen LogP contribution is -2.37. The van der Waals surface area contributed by atoms with Gasteiger partial charge >= 0.3 is 0 Å². The second kappa shape index (κ2) is 7.79. The molecule has 5 nitrogen and oxygen atoms in total. The quantitative estimate of drug-likeness (QED) is 0.801. The van der Waals surface area contributed by atoms with Gasteiger partial charge in [0.15, 0.2) is 11.5 Å². The molecule has 4 rings (SSSR count). The van der Waals surface area contributed by atoms with Crippen LogP contribution in [0.1, 0.15) is 28.8 Å². The van der Waals surface area contributed by atoms with Crippen LogP contribution in [-0.4, -0.2) is 48.7 Å². The van der Waals surface area contributed by atoms with Crippen molar-refractivity contribution in [2.24, 2.45) is 0 Å². The number of fused-ring (bicyclic) bond motifs is 1. The molecule has 2 aromatic rings. The summed E-state index contributed by atoms with van der Waals surface area (Å²) < 4.78 is 11.1. The first-order chi connectivity index (χ1) is 12.8. The number of benzene rings is 2. The number of carbonyl (C=O) groups excluding carboxylic acids is 1. The Labute approximate surface area is 154 Å². The fraction of sp³-hybridized carbons (Fsp3) is 0.381. The summed E-state index contributed by atoms with van der Waals surface area (Å²) in [5.41, 5.74) is 1.71. The van der Waals surface area contributed by atoms with E-state index in [1.54, 1.807) is 0 Å². The molecule has 0 saturated carbocycles. The van der Waals surface area contributed by atoms with Crippen molar-refractivity contribution in [2.75, 3.05) is 33.0 Å². The lowest BCUT2D eigenvalue weighted by atomic mass is 10.1. The highest BCUT2D eigenvalue weighted by Crippen LogP contribution is 2.36. The van der Waals surface area contributed by atoms with Gasteiger partial charge in [0.2, 0.25) is 6.79 Å². The summed E-state index contributed by atoms with van der Waals surface area (Å²) in [7, 11) is 0. The van der Waals surface area contributed by atoms with Crippen LogP contribution in [0.15, 0.2) is 48.5 Å². The maximum atomic E-state index is 13.1. The van der Waals surface area contributed by atoms with Crippen molar-refractivity contribution in [3.8, 4) is 11.5 Å². The second-order valence-corrected chi connectivity index (χ2v) is 6.79. The minimum Gasteiger partial charge on any atom is -0.454 e. The van der Waals surface area contributed by atoms with Gasteiger partial charge in [0.05, 0.1) is 0 Å². The van der Waals surface area contributed by atoms with E-state index in [-0.39, 0.29) is 12.7 Å². The van der Waals surface area contributed by atoms with Crippen LogP contribution in [0.5, 0.6) is 11.5 Å². The summed E-state index contributed by atoms with van der Waals surface area (Å²) in [5.74, 6) is 1.58. The fourth-order valence-corrected chi connectivity index (χ4v) is 3.60. The van der Waals surface area contributed by atoms with E-state index in [0.717, 1.165) is 42.3 Å². The van der Waals surface area contributed by atoms with Crippen molar-refractivity contribution >= 4 is 5.91 Å². The normalized spacial score (nSPS) is 16.0. The van der Waals surface area contributed by atoms with Gasteiger partial charge in [-0.3, -0.25) is 4.79 Å². The Bertz CT molecular complexity index is 757. The molecule has 2 heterocycles. The maximum Gasteiger partial charge on any atom is 0.254 e. The largest absolute Gasteiger partial charge is 0.454 e. The molecule has 1 fully saturated rings. The van der Waals surface area contributed by atoms with E-state index in [9.17, 15) is 4.79 Å². The van der Waals surface area contributed by atoms with Crippen LogP contribution in [0.2, 0.25) is 0 Å². The Morgan fingerprint density at radius 1 is 1.00 bits per heavy atom. The monoisotopic (exact) mass is 352 g/mol. The summed E-state index contributed by atoms with van der Waals surface area (Å²) >= 11 is 0. The molecule has 0 radical (unpaired) electrons. The van der Waals surface area contributed by atoms with E-state index >= 15 is 0 Å². The predicted molar refractivity (Wildman–Crippen MR) is 99.4 cm³/mol. The van der Waals surface area contributed by atoms with Crippen LogP contribution in [0, 0.1) is 0 Å². The smallest absolute Gasteiger partial charge is 0.254 e. The molecule has 5 heteroatoms. The molecule has 0 aromatic heterocycles. The Morgan fingerprint density at radius 3 is 2.62 bits per heavy atom. The number of likely N-dealkylation sites (tertiary alicyclic amines) is 1. The third kappa shape index (κ3) is 3.68. The van der Waals surface area contributed by atoms with Crippen molar-refractivity contribution in [1.29, 1.82) is 0 Å². The zero-order valence-corrected chi connectivity index (χ0v) is 14.9. The summed E-state index contributed by atoms with van der Waals surface area (Å²) in [4.78, 5) is 17.4. The third-order valence-corrected chi connectivity index (χ3v) is 5.03. The first-order valence-corrected chi connectivity index (χ1v) is 9.25. The number of nitrogens with zero attached hydrogens (tertiary/aromatic N) is 2. The molecule has 1 amide bonds. The third-order valence-electron chi connectivity index (χ3n) is 5.03. The van der Waals surface area contributed by atoms with Gasteiger partial charge in [0.25, 0.3) is 5.91 Å². The van der Waals surface area contributed by atoms with Crippen LogP contribution in [0.3, 0.4) is 0 Å². The van der Waals surface area contributed by atoms with E-state index in [2.05, 4.69) is 4.90 Å². The minimum absolute atomic E-state index is 0.0568. The topological polar surface area (TPSA) is 42.0 Å². The molecule has 2 aliphatic heterocycles. The van der Waals surface area contributed by atoms with Crippen LogP contribution in [-0.2, 0) is 6.54 Å². The molecule has 2 aromatic carbocycles. The zero-order valence-electron chi connectivity index (χ0n) is 14.9. The lowest BCUT2D eigenvalue weighted by molar-refractivity contribution is 0.0725. The summed E-state index contributed by atoms with van der Waals surface area (Å²) in [6, 6.07) is 15.4. The van der Waals surface area contributed by atoms with Crippen molar-refractivity contribution in [3.63, 3.8) is 0 Å². The maximum absolute atomic E-state index is 13.1. The van der Waals surface area contributed by atoms with Gasteiger partial charge in [-0.25, -0.2) is 0 Å². The van der Waals surface area contributed by atoms with E-state index in [0.29, 0.717) is 13.1 Å². The highest BCUT2D eigenvalue weighted by Gasteiger charge is 2.23. The molecule has 0 N–H and O–H groups in total. The Kier molecular flexibility index (Phi) is 5.07. The van der Waals surface area contributed by atoms with E-state index in [1.165, 1.54) is 12.8 Å². The number of rotatable bonds is 6. The molecule has 0 unspecified atom stereocenters. The van der Waals surface area contributed by atoms with Crippen molar-refractivity contribution in [1.82, 2.24) is 9.80 Å². The highest BCUT2D eigenvalue weighted by atomic mass is 16.7. The van der Waals surface area contributed by atoms with Crippen molar-refractivity contribution in [2.45, 2.75) is 19.4 Å². The molecular weight excluding hydrogens is 328 g/mol. The minimum atomic E-state index is 0.0568. The second-order valence-electron chi connectivity index (χ2n) is 6.79. The molecule has 2 aliphatic rings. The molecule has 0 bridgehead atoms. The fourth-order valence-electron chi connectivity index (χ4n) is 3.60. The van der Waals surface area contributed by atoms with Crippen LogP contribution >= 0.6 is 0 Å². The number of ether oxygens (including phenoxy) is 2. The number of hydrogen-bond donors (Lipinski definition) is 0. The molecule has 1 saturated heterocycles. The molecule has 136 valence electrons. The summed E-state index contributed by atoms with van der Waals surface area (Å²) in [5, 5.41) is 0. The SMILES string of the molecule is O=C(c1ccccc1)N(CCN1CCCC1)Cc1cccc2c1OCO2. The molecule has 0 atom stereocenters. The summed E-state index contributed by atoms with van der Waals surface area (Å²) in [6.07, 6.45) is 2.51. The van der Waals surface area contributed by atoms with Crippen molar-refractivity contribution < 1.29 is 14.3 Å². The van der Waals surface area contributed by atoms with E-state index < -0.39 is 0 Å². The average Bonchev–Trinajstić information content (AvgIpc) is 3.37. The van der Waals surface area contributed by atoms with Gasteiger partial charge in [0.1, 0.15) is 0 Å². The highest BCUT2D eigenvalue weighted by molar-refractivity contribution is 5.94. The first kappa shape index (κ1) is 16.9. The van der Waals surface area contributed by atoms with E-state index in [4.69, 9.17) is 9.47 Å². The number of hydrogen-bond acceptors (Lipinski definition) is 4. The van der Waals surface area contributed by atoms with Crippen LogP contribution in [0.25, 0.3) is 0 Å². The van der Waals surface area contributed by atoms with Gasteiger partial charge in [-0.1, -0.05) is 30.3 Å². The lowest BCUT2D eigenvalue weighted by Gasteiger charge is -2.26. The number of carbonyl (C=O) groups is 1. The van der Waals surface area contributed by atoms with Gasteiger partial charge in [-0.2, -0.15) is 0 Å².